The van der Waals surface area contributed by atoms with Crippen molar-refractivity contribution in [2.45, 2.75) is 26.2 Å². The molecule has 1 saturated carbocycles. The summed E-state index contributed by atoms with van der Waals surface area (Å²) in [6.07, 6.45) is 3.92. The SMILES string of the molecule is CCN(CC1CCC1)c1cc(F)c(I)cc1N. The summed E-state index contributed by atoms with van der Waals surface area (Å²) in [5.41, 5.74) is 7.51. The van der Waals surface area contributed by atoms with Crippen LogP contribution in [0.4, 0.5) is 15.8 Å². The topological polar surface area (TPSA) is 29.3 Å². The number of nitrogens with two attached hydrogens (primary N) is 1. The summed E-state index contributed by atoms with van der Waals surface area (Å²) in [5, 5.41) is 0. The number of rotatable bonds is 4. The molecule has 0 amide bonds. The molecule has 2 N–H and O–H groups in total. The first-order chi connectivity index (χ1) is 8.11. The third kappa shape index (κ3) is 2.84. The number of halogens is 2. The third-order valence-electron chi connectivity index (χ3n) is 3.50. The molecule has 1 fully saturated rings. The first-order valence-corrected chi connectivity index (χ1v) is 7.19. The van der Waals surface area contributed by atoms with Crippen molar-refractivity contribution < 1.29 is 4.39 Å². The molecule has 0 bridgehead atoms. The molecule has 0 unspecified atom stereocenters. The average molecular weight is 348 g/mol. The molecule has 2 rings (SSSR count). The van der Waals surface area contributed by atoms with E-state index in [1.165, 1.54) is 19.3 Å². The van der Waals surface area contributed by atoms with E-state index in [0.717, 1.165) is 24.7 Å². The van der Waals surface area contributed by atoms with Gasteiger partial charge in [-0.2, -0.15) is 0 Å². The molecule has 0 spiro atoms. The summed E-state index contributed by atoms with van der Waals surface area (Å²) < 4.78 is 14.2. The average Bonchev–Trinajstić information content (AvgIpc) is 2.23. The number of anilines is 2. The number of nitrogen functional groups attached to an aromatic ring is 1. The molecule has 94 valence electrons. The highest BCUT2D eigenvalue weighted by Crippen LogP contribution is 2.32. The number of nitrogens with zero attached hydrogens (tertiary/aromatic N) is 1. The molecule has 4 heteroatoms. The summed E-state index contributed by atoms with van der Waals surface area (Å²) in [6, 6.07) is 3.29. The molecule has 1 aliphatic rings. The highest BCUT2D eigenvalue weighted by atomic mass is 127. The maximum Gasteiger partial charge on any atom is 0.138 e. The molecule has 0 aliphatic heterocycles. The number of benzene rings is 1. The van der Waals surface area contributed by atoms with Crippen LogP contribution >= 0.6 is 22.6 Å². The van der Waals surface area contributed by atoms with E-state index in [0.29, 0.717) is 9.26 Å². The minimum atomic E-state index is -0.179. The molecule has 1 aromatic carbocycles. The summed E-state index contributed by atoms with van der Waals surface area (Å²) in [6.45, 7) is 3.97. The van der Waals surface area contributed by atoms with Crippen molar-refractivity contribution in [1.82, 2.24) is 0 Å². The van der Waals surface area contributed by atoms with Gasteiger partial charge in [-0.05, 0) is 54.3 Å². The van der Waals surface area contributed by atoms with Gasteiger partial charge in [-0.25, -0.2) is 4.39 Å². The molecule has 0 saturated heterocycles. The van der Waals surface area contributed by atoms with E-state index in [-0.39, 0.29) is 5.82 Å². The Morgan fingerprint density at radius 1 is 1.47 bits per heavy atom. The Morgan fingerprint density at radius 2 is 2.18 bits per heavy atom. The predicted molar refractivity (Wildman–Crippen MR) is 78.8 cm³/mol. The summed E-state index contributed by atoms with van der Waals surface area (Å²) in [4.78, 5) is 2.19. The van der Waals surface area contributed by atoms with Crippen LogP contribution in [0.5, 0.6) is 0 Å². The fourth-order valence-electron chi connectivity index (χ4n) is 2.21. The second-order valence-corrected chi connectivity index (χ2v) is 5.82. The standard InChI is InChI=1S/C13H18FIN2/c1-2-17(8-9-4-3-5-9)13-6-10(14)11(15)7-12(13)16/h6-7,9H,2-5,8,16H2,1H3. The van der Waals surface area contributed by atoms with E-state index < -0.39 is 0 Å². The number of hydrogen-bond acceptors (Lipinski definition) is 2. The van der Waals surface area contributed by atoms with Gasteiger partial charge in [0.25, 0.3) is 0 Å². The molecule has 17 heavy (non-hydrogen) atoms. The van der Waals surface area contributed by atoms with Gasteiger partial charge in [-0.15, -0.1) is 0 Å². The van der Waals surface area contributed by atoms with Gasteiger partial charge in [0.05, 0.1) is 14.9 Å². The van der Waals surface area contributed by atoms with Gasteiger partial charge in [0.2, 0.25) is 0 Å². The lowest BCUT2D eigenvalue weighted by Crippen LogP contribution is -2.33. The summed E-state index contributed by atoms with van der Waals surface area (Å²) in [5.74, 6) is 0.582. The molecular weight excluding hydrogens is 330 g/mol. The van der Waals surface area contributed by atoms with Crippen molar-refractivity contribution in [2.24, 2.45) is 5.92 Å². The second kappa shape index (κ2) is 5.42. The van der Waals surface area contributed by atoms with E-state index in [1.807, 2.05) is 22.6 Å². The zero-order valence-electron chi connectivity index (χ0n) is 10.0. The molecule has 0 heterocycles. The molecule has 2 nitrogen and oxygen atoms in total. The van der Waals surface area contributed by atoms with Crippen molar-refractivity contribution in [1.29, 1.82) is 0 Å². The molecule has 1 aliphatic carbocycles. The lowest BCUT2D eigenvalue weighted by atomic mass is 9.85. The molecule has 0 radical (unpaired) electrons. The quantitative estimate of drug-likeness (QED) is 0.665. The lowest BCUT2D eigenvalue weighted by Gasteiger charge is -2.33. The smallest absolute Gasteiger partial charge is 0.138 e. The fourth-order valence-corrected chi connectivity index (χ4v) is 2.70. The van der Waals surface area contributed by atoms with Crippen molar-refractivity contribution >= 4 is 34.0 Å². The maximum absolute atomic E-state index is 13.6. The van der Waals surface area contributed by atoms with Gasteiger partial charge < -0.3 is 10.6 Å². The van der Waals surface area contributed by atoms with Gasteiger partial charge >= 0.3 is 0 Å². The van der Waals surface area contributed by atoms with E-state index in [4.69, 9.17) is 5.73 Å². The monoisotopic (exact) mass is 348 g/mol. The molecule has 1 aromatic rings. The Morgan fingerprint density at radius 3 is 2.71 bits per heavy atom. The maximum atomic E-state index is 13.6. The van der Waals surface area contributed by atoms with Crippen molar-refractivity contribution in [2.75, 3.05) is 23.7 Å². The third-order valence-corrected chi connectivity index (χ3v) is 4.32. The summed E-state index contributed by atoms with van der Waals surface area (Å²) in [7, 11) is 0. The minimum absolute atomic E-state index is 0.179. The molecule has 0 aromatic heterocycles. The van der Waals surface area contributed by atoms with Crippen LogP contribution in [-0.2, 0) is 0 Å². The minimum Gasteiger partial charge on any atom is -0.397 e. The zero-order chi connectivity index (χ0) is 12.4. The van der Waals surface area contributed by atoms with Gasteiger partial charge in [-0.3, -0.25) is 0 Å². The van der Waals surface area contributed by atoms with E-state index in [1.54, 1.807) is 12.1 Å². The van der Waals surface area contributed by atoms with Crippen molar-refractivity contribution in [3.63, 3.8) is 0 Å². The Hall–Kier alpha value is -0.520. The first-order valence-electron chi connectivity index (χ1n) is 6.11. The van der Waals surface area contributed by atoms with Crippen LogP contribution in [0.25, 0.3) is 0 Å². The second-order valence-electron chi connectivity index (χ2n) is 4.66. The van der Waals surface area contributed by atoms with E-state index >= 15 is 0 Å². The highest BCUT2D eigenvalue weighted by Gasteiger charge is 2.21. The van der Waals surface area contributed by atoms with Crippen LogP contribution in [0.15, 0.2) is 12.1 Å². The van der Waals surface area contributed by atoms with E-state index in [9.17, 15) is 4.39 Å². The van der Waals surface area contributed by atoms with Gasteiger partial charge in [0, 0.05) is 19.2 Å². The van der Waals surface area contributed by atoms with Crippen LogP contribution < -0.4 is 10.6 Å². The fraction of sp³-hybridized carbons (Fsp3) is 0.538. The highest BCUT2D eigenvalue weighted by molar-refractivity contribution is 14.1. The molecule has 0 atom stereocenters. The van der Waals surface area contributed by atoms with Crippen LogP contribution in [0.1, 0.15) is 26.2 Å². The Bertz CT molecular complexity index is 405. The molecular formula is C13H18FIN2. The Balaban J connectivity index is 2.19. The zero-order valence-corrected chi connectivity index (χ0v) is 12.2. The largest absolute Gasteiger partial charge is 0.397 e. The van der Waals surface area contributed by atoms with Gasteiger partial charge in [0.1, 0.15) is 5.82 Å². The van der Waals surface area contributed by atoms with Gasteiger partial charge in [-0.1, -0.05) is 6.42 Å². The van der Waals surface area contributed by atoms with Crippen LogP contribution in [0.3, 0.4) is 0 Å². The predicted octanol–water partition coefficient (Wildman–Crippen LogP) is 3.64. The first kappa shape index (κ1) is 12.9. The van der Waals surface area contributed by atoms with Crippen LogP contribution in [0.2, 0.25) is 0 Å². The van der Waals surface area contributed by atoms with Crippen molar-refractivity contribution in [3.05, 3.63) is 21.5 Å². The lowest BCUT2D eigenvalue weighted by molar-refractivity contribution is 0.318. The van der Waals surface area contributed by atoms with E-state index in [2.05, 4.69) is 11.8 Å². The van der Waals surface area contributed by atoms with Crippen LogP contribution in [0, 0.1) is 15.3 Å². The van der Waals surface area contributed by atoms with Gasteiger partial charge in [0.15, 0.2) is 0 Å². The van der Waals surface area contributed by atoms with Crippen LogP contribution in [-0.4, -0.2) is 13.1 Å². The Kier molecular flexibility index (Phi) is 4.12. The Labute approximate surface area is 116 Å². The number of hydrogen-bond donors (Lipinski definition) is 1. The summed E-state index contributed by atoms with van der Waals surface area (Å²) >= 11 is 1.97. The van der Waals surface area contributed by atoms with Crippen molar-refractivity contribution in [3.8, 4) is 0 Å². The normalized spacial score (nSPS) is 15.7.